The molecule has 0 spiro atoms. The first-order valence-corrected chi connectivity index (χ1v) is 8.14. The number of allylic oxidation sites excluding steroid dienone is 2. The lowest BCUT2D eigenvalue weighted by Crippen LogP contribution is -2.49. The number of carbonyl (C=O) groups is 1. The monoisotopic (exact) mass is 326 g/mol. The van der Waals surface area contributed by atoms with E-state index in [4.69, 9.17) is 9.47 Å². The standard InChI is InChI=1S/C19H22N2O3/c1-23-17-10-7-12-21(16(17)14-15-8-3-2-4-9-15)19(22)20-18-11-5-6-13-24-18/h2-6,8-9,11,13-14,17-18H,7,10,12H2,1H3,(H,20,22). The average Bonchev–Trinajstić information content (AvgIpc) is 2.63. The number of benzene rings is 1. The van der Waals surface area contributed by atoms with Crippen LogP contribution in [0, 0.1) is 0 Å². The van der Waals surface area contributed by atoms with Crippen LogP contribution in [0.25, 0.3) is 6.08 Å². The Balaban J connectivity index is 1.80. The summed E-state index contributed by atoms with van der Waals surface area (Å²) < 4.78 is 11.0. The molecule has 0 bridgehead atoms. The van der Waals surface area contributed by atoms with E-state index in [0.29, 0.717) is 6.54 Å². The number of rotatable bonds is 3. The largest absolute Gasteiger partial charge is 0.475 e. The number of ether oxygens (including phenoxy) is 2. The van der Waals surface area contributed by atoms with Crippen LogP contribution >= 0.6 is 0 Å². The zero-order valence-corrected chi connectivity index (χ0v) is 13.7. The normalized spacial score (nSPS) is 24.7. The zero-order chi connectivity index (χ0) is 16.8. The van der Waals surface area contributed by atoms with Crippen LogP contribution in [-0.2, 0) is 9.47 Å². The number of amides is 2. The van der Waals surface area contributed by atoms with E-state index in [0.717, 1.165) is 24.1 Å². The first kappa shape index (κ1) is 16.3. The third-order valence-corrected chi connectivity index (χ3v) is 4.10. The number of urea groups is 1. The Hall–Kier alpha value is -2.53. The van der Waals surface area contributed by atoms with E-state index >= 15 is 0 Å². The number of methoxy groups -OCH3 is 1. The van der Waals surface area contributed by atoms with Gasteiger partial charge in [-0.1, -0.05) is 36.4 Å². The number of likely N-dealkylation sites (tertiary alicyclic amines) is 1. The molecule has 2 aliphatic heterocycles. The number of hydrogen-bond acceptors (Lipinski definition) is 3. The molecular weight excluding hydrogens is 304 g/mol. The van der Waals surface area contributed by atoms with Crippen molar-refractivity contribution in [1.82, 2.24) is 10.2 Å². The second-order valence-electron chi connectivity index (χ2n) is 5.72. The molecule has 2 amide bonds. The molecule has 24 heavy (non-hydrogen) atoms. The third-order valence-electron chi connectivity index (χ3n) is 4.10. The molecule has 1 saturated heterocycles. The van der Waals surface area contributed by atoms with Gasteiger partial charge >= 0.3 is 6.03 Å². The molecule has 2 aliphatic rings. The van der Waals surface area contributed by atoms with Crippen LogP contribution in [0.15, 0.2) is 60.5 Å². The highest BCUT2D eigenvalue weighted by molar-refractivity contribution is 5.78. The Morgan fingerprint density at radius 3 is 2.88 bits per heavy atom. The van der Waals surface area contributed by atoms with Crippen molar-refractivity contribution in [2.45, 2.75) is 25.2 Å². The smallest absolute Gasteiger partial charge is 0.324 e. The Morgan fingerprint density at radius 2 is 2.17 bits per heavy atom. The van der Waals surface area contributed by atoms with Crippen molar-refractivity contribution in [2.24, 2.45) is 0 Å². The first-order valence-electron chi connectivity index (χ1n) is 8.14. The molecule has 0 aliphatic carbocycles. The summed E-state index contributed by atoms with van der Waals surface area (Å²) in [5, 5.41) is 2.88. The van der Waals surface area contributed by atoms with E-state index in [2.05, 4.69) is 5.32 Å². The molecular formula is C19H22N2O3. The summed E-state index contributed by atoms with van der Waals surface area (Å²) in [5.74, 6) is 0. The highest BCUT2D eigenvalue weighted by Gasteiger charge is 2.30. The molecule has 1 aromatic carbocycles. The Labute approximate surface area is 142 Å². The third kappa shape index (κ3) is 3.86. The lowest BCUT2D eigenvalue weighted by Gasteiger charge is -2.35. The van der Waals surface area contributed by atoms with Gasteiger partial charge in [-0.15, -0.1) is 0 Å². The van der Waals surface area contributed by atoms with E-state index in [-0.39, 0.29) is 12.1 Å². The first-order chi connectivity index (χ1) is 11.8. The second kappa shape index (κ2) is 7.84. The maximum Gasteiger partial charge on any atom is 0.324 e. The Bertz CT molecular complexity index is 652. The van der Waals surface area contributed by atoms with Crippen LogP contribution < -0.4 is 5.32 Å². The second-order valence-corrected chi connectivity index (χ2v) is 5.72. The fourth-order valence-corrected chi connectivity index (χ4v) is 2.90. The van der Waals surface area contributed by atoms with Gasteiger partial charge in [0.25, 0.3) is 0 Å². The fraction of sp³-hybridized carbons (Fsp3) is 0.316. The fourth-order valence-electron chi connectivity index (χ4n) is 2.90. The summed E-state index contributed by atoms with van der Waals surface area (Å²) in [7, 11) is 1.68. The Kier molecular flexibility index (Phi) is 5.33. The van der Waals surface area contributed by atoms with Gasteiger partial charge in [-0.05, 0) is 36.6 Å². The van der Waals surface area contributed by atoms with Crippen LogP contribution in [0.1, 0.15) is 18.4 Å². The molecule has 0 aromatic heterocycles. The Morgan fingerprint density at radius 1 is 1.33 bits per heavy atom. The number of hydrogen-bond donors (Lipinski definition) is 1. The number of nitrogens with one attached hydrogen (secondary N) is 1. The van der Waals surface area contributed by atoms with Crippen LogP contribution in [0.4, 0.5) is 4.79 Å². The van der Waals surface area contributed by atoms with Crippen molar-refractivity contribution in [3.8, 4) is 0 Å². The van der Waals surface area contributed by atoms with Crippen molar-refractivity contribution in [3.05, 3.63) is 66.1 Å². The molecule has 2 unspecified atom stereocenters. The van der Waals surface area contributed by atoms with Gasteiger partial charge < -0.3 is 9.47 Å². The zero-order valence-electron chi connectivity index (χ0n) is 13.7. The topological polar surface area (TPSA) is 50.8 Å². The summed E-state index contributed by atoms with van der Waals surface area (Å²) in [4.78, 5) is 14.5. The molecule has 5 heteroatoms. The number of nitrogens with zero attached hydrogens (tertiary/aromatic N) is 1. The molecule has 1 fully saturated rings. The van der Waals surface area contributed by atoms with Crippen molar-refractivity contribution >= 4 is 12.1 Å². The van der Waals surface area contributed by atoms with Crippen molar-refractivity contribution < 1.29 is 14.3 Å². The summed E-state index contributed by atoms with van der Waals surface area (Å²) >= 11 is 0. The maximum atomic E-state index is 12.7. The van der Waals surface area contributed by atoms with Gasteiger partial charge in [0.15, 0.2) is 6.23 Å². The SMILES string of the molecule is COC1CCCN(C(=O)NC2C=CC=CO2)C1=Cc1ccccc1. The average molecular weight is 326 g/mol. The number of piperidine rings is 1. The van der Waals surface area contributed by atoms with E-state index in [1.165, 1.54) is 0 Å². The molecule has 2 heterocycles. The molecule has 2 atom stereocenters. The van der Waals surface area contributed by atoms with Gasteiger partial charge in [0.1, 0.15) is 0 Å². The summed E-state index contributed by atoms with van der Waals surface area (Å²) in [6.45, 7) is 0.663. The van der Waals surface area contributed by atoms with Crippen molar-refractivity contribution in [3.63, 3.8) is 0 Å². The maximum absolute atomic E-state index is 12.7. The molecule has 3 rings (SSSR count). The number of carbonyl (C=O) groups excluding carboxylic acids is 1. The molecule has 1 N–H and O–H groups in total. The predicted octanol–water partition coefficient (Wildman–Crippen LogP) is 3.27. The van der Waals surface area contributed by atoms with Gasteiger partial charge in [0.05, 0.1) is 18.1 Å². The predicted molar refractivity (Wildman–Crippen MR) is 92.8 cm³/mol. The lowest BCUT2D eigenvalue weighted by molar-refractivity contribution is 0.0753. The van der Waals surface area contributed by atoms with Gasteiger partial charge in [0.2, 0.25) is 0 Å². The van der Waals surface area contributed by atoms with Gasteiger partial charge in [-0.25, -0.2) is 4.79 Å². The van der Waals surface area contributed by atoms with Gasteiger partial charge in [-0.3, -0.25) is 10.2 Å². The minimum Gasteiger partial charge on any atom is -0.475 e. The molecule has 0 saturated carbocycles. The highest BCUT2D eigenvalue weighted by atomic mass is 16.5. The van der Waals surface area contributed by atoms with Crippen molar-refractivity contribution in [1.29, 1.82) is 0 Å². The van der Waals surface area contributed by atoms with E-state index < -0.39 is 6.23 Å². The summed E-state index contributed by atoms with van der Waals surface area (Å²) in [5.41, 5.74) is 1.92. The van der Waals surface area contributed by atoms with Crippen LogP contribution in [0.5, 0.6) is 0 Å². The van der Waals surface area contributed by atoms with Crippen molar-refractivity contribution in [2.75, 3.05) is 13.7 Å². The summed E-state index contributed by atoms with van der Waals surface area (Å²) in [6.07, 6.45) is 10.3. The molecule has 0 radical (unpaired) electrons. The molecule has 1 aromatic rings. The minimum atomic E-state index is -0.441. The van der Waals surface area contributed by atoms with Crippen LogP contribution in [-0.4, -0.2) is 36.9 Å². The molecule has 5 nitrogen and oxygen atoms in total. The van der Waals surface area contributed by atoms with Gasteiger partial charge in [-0.2, -0.15) is 0 Å². The van der Waals surface area contributed by atoms with Crippen LogP contribution in [0.3, 0.4) is 0 Å². The van der Waals surface area contributed by atoms with Gasteiger partial charge in [0, 0.05) is 13.7 Å². The summed E-state index contributed by atoms with van der Waals surface area (Å²) in [6, 6.07) is 9.79. The lowest BCUT2D eigenvalue weighted by atomic mass is 10.0. The van der Waals surface area contributed by atoms with E-state index in [1.54, 1.807) is 30.4 Å². The van der Waals surface area contributed by atoms with Crippen LogP contribution in [0.2, 0.25) is 0 Å². The van der Waals surface area contributed by atoms with E-state index in [9.17, 15) is 4.79 Å². The minimum absolute atomic E-state index is 0.0904. The quantitative estimate of drug-likeness (QED) is 0.927. The molecule has 126 valence electrons. The highest BCUT2D eigenvalue weighted by Crippen LogP contribution is 2.26. The van der Waals surface area contributed by atoms with E-state index in [1.807, 2.05) is 42.5 Å².